The zero-order valence-corrected chi connectivity index (χ0v) is 9.54. The van der Waals surface area contributed by atoms with Crippen molar-refractivity contribution in [1.82, 2.24) is 0 Å². The van der Waals surface area contributed by atoms with Crippen LogP contribution in [-0.2, 0) is 4.79 Å². The van der Waals surface area contributed by atoms with E-state index >= 15 is 0 Å². The van der Waals surface area contributed by atoms with Crippen LogP contribution >= 0.6 is 0 Å². The van der Waals surface area contributed by atoms with Gasteiger partial charge in [-0.3, -0.25) is 4.79 Å². The average molecular weight is 207 g/mol. The SMILES string of the molecule is CCC(=O)C12CC3CC(C1)C(N)C(C3)C2. The third-order valence-corrected chi connectivity index (χ3v) is 5.26. The van der Waals surface area contributed by atoms with E-state index in [0.29, 0.717) is 23.7 Å². The first-order valence-electron chi connectivity index (χ1n) is 6.43. The first-order valence-corrected chi connectivity index (χ1v) is 6.43. The topological polar surface area (TPSA) is 43.1 Å². The number of rotatable bonds is 2. The molecule has 4 rings (SSSR count). The van der Waals surface area contributed by atoms with Crippen molar-refractivity contribution in [2.24, 2.45) is 28.9 Å². The van der Waals surface area contributed by atoms with Gasteiger partial charge in [0.15, 0.2) is 0 Å². The maximum Gasteiger partial charge on any atom is 0.138 e. The van der Waals surface area contributed by atoms with Gasteiger partial charge in [0.2, 0.25) is 0 Å². The summed E-state index contributed by atoms with van der Waals surface area (Å²) in [4.78, 5) is 12.1. The monoisotopic (exact) mass is 207 g/mol. The molecule has 4 saturated carbocycles. The second kappa shape index (κ2) is 3.07. The molecule has 2 atom stereocenters. The minimum Gasteiger partial charge on any atom is -0.327 e. The largest absolute Gasteiger partial charge is 0.327 e. The Labute approximate surface area is 91.6 Å². The summed E-state index contributed by atoms with van der Waals surface area (Å²) in [6.07, 6.45) is 6.72. The van der Waals surface area contributed by atoms with E-state index in [1.54, 1.807) is 0 Å². The van der Waals surface area contributed by atoms with E-state index in [1.807, 2.05) is 6.92 Å². The highest BCUT2D eigenvalue weighted by molar-refractivity contribution is 5.85. The van der Waals surface area contributed by atoms with Gasteiger partial charge in [-0.25, -0.2) is 0 Å². The molecule has 0 aromatic heterocycles. The van der Waals surface area contributed by atoms with E-state index < -0.39 is 0 Å². The molecule has 4 aliphatic carbocycles. The van der Waals surface area contributed by atoms with E-state index in [9.17, 15) is 4.79 Å². The number of hydrogen-bond acceptors (Lipinski definition) is 2. The van der Waals surface area contributed by atoms with Gasteiger partial charge >= 0.3 is 0 Å². The predicted octanol–water partition coefficient (Wildman–Crippen LogP) is 2.12. The molecule has 0 aliphatic heterocycles. The summed E-state index contributed by atoms with van der Waals surface area (Å²) in [6, 6.07) is 0.402. The van der Waals surface area contributed by atoms with Crippen LogP contribution in [0.5, 0.6) is 0 Å². The molecule has 4 bridgehead atoms. The van der Waals surface area contributed by atoms with Crippen molar-refractivity contribution in [2.75, 3.05) is 0 Å². The van der Waals surface area contributed by atoms with E-state index in [-0.39, 0.29) is 5.41 Å². The van der Waals surface area contributed by atoms with Crippen molar-refractivity contribution in [1.29, 1.82) is 0 Å². The summed E-state index contributed by atoms with van der Waals surface area (Å²) in [5.41, 5.74) is 6.33. The quantitative estimate of drug-likeness (QED) is 0.753. The fraction of sp³-hybridized carbons (Fsp3) is 0.923. The molecule has 2 heteroatoms. The molecule has 84 valence electrons. The Morgan fingerprint density at radius 1 is 1.27 bits per heavy atom. The fourth-order valence-electron chi connectivity index (χ4n) is 4.78. The van der Waals surface area contributed by atoms with E-state index in [2.05, 4.69) is 0 Å². The van der Waals surface area contributed by atoms with Crippen molar-refractivity contribution < 1.29 is 4.79 Å². The maximum atomic E-state index is 12.1. The number of carbonyl (C=O) groups excluding carboxylic acids is 1. The molecule has 0 radical (unpaired) electrons. The van der Waals surface area contributed by atoms with Crippen molar-refractivity contribution >= 4 is 5.78 Å². The summed E-state index contributed by atoms with van der Waals surface area (Å²) >= 11 is 0. The molecule has 4 fully saturated rings. The first kappa shape index (κ1) is 9.83. The molecule has 0 saturated heterocycles. The molecule has 2 N–H and O–H groups in total. The molecule has 4 aliphatic rings. The highest BCUT2D eigenvalue weighted by Gasteiger charge is 2.56. The predicted molar refractivity (Wildman–Crippen MR) is 59.3 cm³/mol. The lowest BCUT2D eigenvalue weighted by molar-refractivity contribution is -0.145. The third-order valence-electron chi connectivity index (χ3n) is 5.26. The number of ketones is 1. The first-order chi connectivity index (χ1) is 7.14. The van der Waals surface area contributed by atoms with Crippen molar-refractivity contribution in [2.45, 2.75) is 51.5 Å². The summed E-state index contributed by atoms with van der Waals surface area (Å²) < 4.78 is 0. The molecule has 0 spiro atoms. The smallest absolute Gasteiger partial charge is 0.138 e. The van der Waals surface area contributed by atoms with Crippen LogP contribution in [0.3, 0.4) is 0 Å². The Balaban J connectivity index is 1.92. The van der Waals surface area contributed by atoms with Crippen LogP contribution in [0.4, 0.5) is 0 Å². The molecule has 2 unspecified atom stereocenters. The van der Waals surface area contributed by atoms with E-state index in [4.69, 9.17) is 5.73 Å². The van der Waals surface area contributed by atoms with E-state index in [0.717, 1.165) is 25.2 Å². The highest BCUT2D eigenvalue weighted by atomic mass is 16.1. The molecule has 0 aromatic rings. The lowest BCUT2D eigenvalue weighted by atomic mass is 9.47. The fourth-order valence-corrected chi connectivity index (χ4v) is 4.78. The van der Waals surface area contributed by atoms with Crippen LogP contribution < -0.4 is 5.73 Å². The Morgan fingerprint density at radius 3 is 2.40 bits per heavy atom. The van der Waals surface area contributed by atoms with Crippen LogP contribution in [0.1, 0.15) is 45.4 Å². The second-order valence-electron chi connectivity index (χ2n) is 6.10. The standard InChI is InChI=1S/C13H21NO/c1-2-11(15)13-5-8-3-9(6-13)12(14)10(4-8)7-13/h8-10,12H,2-7,14H2,1H3. The number of nitrogens with two attached hydrogens (primary N) is 1. The van der Waals surface area contributed by atoms with Gasteiger partial charge in [0, 0.05) is 17.9 Å². The average Bonchev–Trinajstić information content (AvgIpc) is 2.23. The maximum absolute atomic E-state index is 12.1. The Bertz CT molecular complexity index is 283. The van der Waals surface area contributed by atoms with Crippen LogP contribution in [0.15, 0.2) is 0 Å². The van der Waals surface area contributed by atoms with Crippen LogP contribution in [0.2, 0.25) is 0 Å². The van der Waals surface area contributed by atoms with Crippen molar-refractivity contribution in [3.05, 3.63) is 0 Å². The Hall–Kier alpha value is -0.370. The van der Waals surface area contributed by atoms with Gasteiger partial charge < -0.3 is 5.73 Å². The lowest BCUT2D eigenvalue weighted by Gasteiger charge is -2.58. The van der Waals surface area contributed by atoms with Gasteiger partial charge in [-0.2, -0.15) is 0 Å². The zero-order chi connectivity index (χ0) is 10.6. The summed E-state index contributed by atoms with van der Waals surface area (Å²) in [5, 5.41) is 0. The molecular weight excluding hydrogens is 186 g/mol. The van der Waals surface area contributed by atoms with Crippen LogP contribution in [-0.4, -0.2) is 11.8 Å². The molecule has 0 heterocycles. The van der Waals surface area contributed by atoms with Gasteiger partial charge in [0.05, 0.1) is 0 Å². The molecule has 15 heavy (non-hydrogen) atoms. The normalized spacial score (nSPS) is 52.1. The molecule has 0 amide bonds. The highest BCUT2D eigenvalue weighted by Crippen LogP contribution is 2.60. The Morgan fingerprint density at radius 2 is 1.87 bits per heavy atom. The van der Waals surface area contributed by atoms with E-state index in [1.165, 1.54) is 19.3 Å². The zero-order valence-electron chi connectivity index (χ0n) is 9.54. The van der Waals surface area contributed by atoms with Crippen LogP contribution in [0.25, 0.3) is 0 Å². The van der Waals surface area contributed by atoms with Gasteiger partial charge in [0.25, 0.3) is 0 Å². The van der Waals surface area contributed by atoms with Gasteiger partial charge in [-0.1, -0.05) is 6.92 Å². The third kappa shape index (κ3) is 1.24. The molecule has 0 aromatic carbocycles. The number of hydrogen-bond donors (Lipinski definition) is 1. The summed E-state index contributed by atoms with van der Waals surface area (Å²) in [6.45, 7) is 2.01. The van der Waals surface area contributed by atoms with Gasteiger partial charge in [0.1, 0.15) is 5.78 Å². The summed E-state index contributed by atoms with van der Waals surface area (Å²) in [5.74, 6) is 2.66. The number of Topliss-reactive ketones (excluding diaryl/α,β-unsaturated/α-hetero) is 1. The van der Waals surface area contributed by atoms with Crippen molar-refractivity contribution in [3.8, 4) is 0 Å². The minimum atomic E-state index is 0.0706. The van der Waals surface area contributed by atoms with Crippen LogP contribution in [0, 0.1) is 23.2 Å². The molecular formula is C13H21NO. The molecule has 2 nitrogen and oxygen atoms in total. The second-order valence-corrected chi connectivity index (χ2v) is 6.10. The summed E-state index contributed by atoms with van der Waals surface area (Å²) in [7, 11) is 0. The van der Waals surface area contributed by atoms with Crippen molar-refractivity contribution in [3.63, 3.8) is 0 Å². The lowest BCUT2D eigenvalue weighted by Crippen LogP contribution is -2.58. The Kier molecular flexibility index (Phi) is 2.01. The number of carbonyl (C=O) groups is 1. The van der Waals surface area contributed by atoms with Gasteiger partial charge in [-0.05, 0) is 49.9 Å². The minimum absolute atomic E-state index is 0.0706. The van der Waals surface area contributed by atoms with Gasteiger partial charge in [-0.15, -0.1) is 0 Å².